The second-order valence-corrected chi connectivity index (χ2v) is 6.86. The summed E-state index contributed by atoms with van der Waals surface area (Å²) >= 11 is 13.5. The van der Waals surface area contributed by atoms with Gasteiger partial charge in [0.25, 0.3) is 11.0 Å². The Hall–Kier alpha value is -2.11. The molecular formula is C16H8BrCl2F5N2O3. The van der Waals surface area contributed by atoms with Crippen LogP contribution in [0.15, 0.2) is 30.3 Å². The van der Waals surface area contributed by atoms with Gasteiger partial charge in [0.05, 0.1) is 10.0 Å². The molecule has 1 unspecified atom stereocenters. The number of carbonyl (C=O) groups excluding carboxylic acids is 2. The summed E-state index contributed by atoms with van der Waals surface area (Å²) in [5.41, 5.74) is -1.18. The minimum absolute atomic E-state index is 0.189. The maximum Gasteiger partial charge on any atom is 0.440 e. The predicted octanol–water partition coefficient (Wildman–Crippen LogP) is 5.90. The van der Waals surface area contributed by atoms with Gasteiger partial charge in [0, 0.05) is 5.69 Å². The molecule has 0 fully saturated rings. The fourth-order valence-corrected chi connectivity index (χ4v) is 2.61. The molecule has 0 heterocycles. The standard InChI is InChI=1S/C16H8BrCl2F5N2O3/c17-14(22)16(23,24)29-12-7(18)4-6(5-8(12)19)25-15(28)26-13(27)11-9(20)2-1-3-10(11)21/h1-5,14H,(H2,25,26,27,28). The Morgan fingerprint density at radius 2 is 1.62 bits per heavy atom. The van der Waals surface area contributed by atoms with Gasteiger partial charge in [0.15, 0.2) is 5.75 Å². The average Bonchev–Trinajstić information content (AvgIpc) is 2.57. The summed E-state index contributed by atoms with van der Waals surface area (Å²) in [6, 6.07) is 3.26. The van der Waals surface area contributed by atoms with Gasteiger partial charge in [0.1, 0.15) is 17.2 Å². The zero-order chi connectivity index (χ0) is 21.9. The lowest BCUT2D eigenvalue weighted by Crippen LogP contribution is -2.35. The van der Waals surface area contributed by atoms with E-state index >= 15 is 0 Å². The molecule has 0 saturated heterocycles. The van der Waals surface area contributed by atoms with Crippen LogP contribution in [0, 0.1) is 11.6 Å². The molecule has 0 aliphatic carbocycles. The van der Waals surface area contributed by atoms with E-state index in [9.17, 15) is 31.5 Å². The fraction of sp³-hybridized carbons (Fsp3) is 0.125. The third-order valence-corrected chi connectivity index (χ3v) is 4.26. The largest absolute Gasteiger partial charge is 0.440 e. The van der Waals surface area contributed by atoms with E-state index in [-0.39, 0.29) is 5.69 Å². The summed E-state index contributed by atoms with van der Waals surface area (Å²) in [7, 11) is 0. The Balaban J connectivity index is 2.14. The van der Waals surface area contributed by atoms with Crippen molar-refractivity contribution in [2.24, 2.45) is 0 Å². The highest BCUT2D eigenvalue weighted by atomic mass is 79.9. The van der Waals surface area contributed by atoms with Crippen LogP contribution in [0.1, 0.15) is 10.4 Å². The van der Waals surface area contributed by atoms with Gasteiger partial charge in [-0.25, -0.2) is 18.0 Å². The SMILES string of the molecule is O=C(NC(=O)c1c(F)cccc1F)Nc1cc(Cl)c(OC(F)(F)C(F)Br)c(Cl)c1. The molecular weight excluding hydrogens is 514 g/mol. The van der Waals surface area contributed by atoms with E-state index in [1.54, 1.807) is 5.32 Å². The molecule has 2 aromatic rings. The zero-order valence-corrected chi connectivity index (χ0v) is 16.8. The number of imide groups is 1. The second-order valence-electron chi connectivity index (χ2n) is 5.24. The van der Waals surface area contributed by atoms with E-state index in [1.807, 2.05) is 15.9 Å². The van der Waals surface area contributed by atoms with Gasteiger partial charge in [-0.15, -0.1) is 0 Å². The van der Waals surface area contributed by atoms with Crippen molar-refractivity contribution in [2.45, 2.75) is 11.2 Å². The van der Waals surface area contributed by atoms with Gasteiger partial charge in [-0.05, 0) is 40.2 Å². The van der Waals surface area contributed by atoms with E-state index in [1.165, 1.54) is 0 Å². The van der Waals surface area contributed by atoms with Crippen LogP contribution in [0.4, 0.5) is 32.4 Å². The molecule has 2 N–H and O–H groups in total. The summed E-state index contributed by atoms with van der Waals surface area (Å²) in [5, 5.41) is -0.158. The highest BCUT2D eigenvalue weighted by Gasteiger charge is 2.42. The van der Waals surface area contributed by atoms with Crippen LogP contribution in [-0.2, 0) is 0 Å². The molecule has 0 radical (unpaired) electrons. The van der Waals surface area contributed by atoms with E-state index < -0.39 is 56.1 Å². The number of urea groups is 1. The maximum atomic E-state index is 13.5. The number of carbonyl (C=O) groups is 2. The number of anilines is 1. The van der Waals surface area contributed by atoms with Gasteiger partial charge >= 0.3 is 12.1 Å². The molecule has 1 atom stereocenters. The van der Waals surface area contributed by atoms with Crippen LogP contribution >= 0.6 is 39.1 Å². The second kappa shape index (κ2) is 9.14. The first-order valence-corrected chi connectivity index (χ1v) is 9.00. The maximum absolute atomic E-state index is 13.5. The first-order chi connectivity index (χ1) is 13.4. The number of hydrogen-bond acceptors (Lipinski definition) is 3. The number of rotatable bonds is 5. The number of ether oxygens (including phenoxy) is 1. The first-order valence-electron chi connectivity index (χ1n) is 7.32. The van der Waals surface area contributed by atoms with E-state index in [2.05, 4.69) is 10.1 Å². The Morgan fingerprint density at radius 1 is 1.10 bits per heavy atom. The lowest BCUT2D eigenvalue weighted by Gasteiger charge is -2.20. The van der Waals surface area contributed by atoms with Gasteiger partial charge in [-0.2, -0.15) is 8.78 Å². The Kier molecular flexibility index (Phi) is 7.30. The fourth-order valence-electron chi connectivity index (χ4n) is 1.95. The van der Waals surface area contributed by atoms with Crippen molar-refractivity contribution in [2.75, 3.05) is 5.32 Å². The van der Waals surface area contributed by atoms with Crippen LogP contribution in [0.2, 0.25) is 10.0 Å². The highest BCUT2D eigenvalue weighted by Crippen LogP contribution is 2.40. The van der Waals surface area contributed by atoms with Crippen molar-refractivity contribution in [3.63, 3.8) is 0 Å². The minimum Gasteiger partial charge on any atom is -0.427 e. The van der Waals surface area contributed by atoms with Crippen molar-refractivity contribution in [3.8, 4) is 5.75 Å². The molecule has 5 nitrogen and oxygen atoms in total. The lowest BCUT2D eigenvalue weighted by molar-refractivity contribution is -0.194. The molecule has 13 heteroatoms. The number of nitrogens with one attached hydrogen (secondary N) is 2. The predicted molar refractivity (Wildman–Crippen MR) is 98.7 cm³/mol. The van der Waals surface area contributed by atoms with Gasteiger partial charge < -0.3 is 10.1 Å². The Morgan fingerprint density at radius 3 is 2.10 bits per heavy atom. The monoisotopic (exact) mass is 520 g/mol. The number of alkyl halides is 4. The van der Waals surface area contributed by atoms with Crippen molar-refractivity contribution < 1.29 is 36.3 Å². The quantitative estimate of drug-likeness (QED) is 0.380. The van der Waals surface area contributed by atoms with Crippen LogP contribution in [-0.4, -0.2) is 23.1 Å². The third kappa shape index (κ3) is 5.71. The number of hydrogen-bond donors (Lipinski definition) is 2. The van der Waals surface area contributed by atoms with Crippen LogP contribution in [0.25, 0.3) is 0 Å². The topological polar surface area (TPSA) is 67.4 Å². The van der Waals surface area contributed by atoms with Gasteiger partial charge in [-0.1, -0.05) is 29.3 Å². The van der Waals surface area contributed by atoms with E-state index in [0.717, 1.165) is 30.3 Å². The number of halogens is 8. The normalized spacial score (nSPS) is 12.3. The Bertz CT molecular complexity index is 919. The molecule has 29 heavy (non-hydrogen) atoms. The summed E-state index contributed by atoms with van der Waals surface area (Å²) < 4.78 is 70.7. The summed E-state index contributed by atoms with van der Waals surface area (Å²) in [4.78, 5) is 23.7. The van der Waals surface area contributed by atoms with Crippen LogP contribution < -0.4 is 15.4 Å². The summed E-state index contributed by atoms with van der Waals surface area (Å²) in [6.45, 7) is 0. The van der Waals surface area contributed by atoms with Crippen molar-refractivity contribution in [1.29, 1.82) is 0 Å². The van der Waals surface area contributed by atoms with Crippen molar-refractivity contribution >= 4 is 56.8 Å². The van der Waals surface area contributed by atoms with Crippen LogP contribution in [0.5, 0.6) is 5.75 Å². The van der Waals surface area contributed by atoms with E-state index in [4.69, 9.17) is 23.2 Å². The molecule has 156 valence electrons. The van der Waals surface area contributed by atoms with Crippen molar-refractivity contribution in [1.82, 2.24) is 5.32 Å². The molecule has 3 amide bonds. The third-order valence-electron chi connectivity index (χ3n) is 3.17. The molecule has 2 rings (SSSR count). The first kappa shape index (κ1) is 23.2. The molecule has 0 saturated carbocycles. The smallest absolute Gasteiger partial charge is 0.427 e. The summed E-state index contributed by atoms with van der Waals surface area (Å²) in [5.74, 6) is -4.53. The summed E-state index contributed by atoms with van der Waals surface area (Å²) in [6.07, 6.45) is -4.30. The molecule has 0 aliphatic heterocycles. The minimum atomic E-state index is -4.30. The van der Waals surface area contributed by atoms with Gasteiger partial charge in [0.2, 0.25) is 0 Å². The van der Waals surface area contributed by atoms with Gasteiger partial charge in [-0.3, -0.25) is 10.1 Å². The molecule has 0 aromatic heterocycles. The Labute approximate surface area is 178 Å². The highest BCUT2D eigenvalue weighted by molar-refractivity contribution is 9.09. The van der Waals surface area contributed by atoms with E-state index in [0.29, 0.717) is 0 Å². The molecule has 0 spiro atoms. The molecule has 0 bridgehead atoms. The number of benzene rings is 2. The lowest BCUT2D eigenvalue weighted by atomic mass is 10.2. The molecule has 2 aromatic carbocycles. The van der Waals surface area contributed by atoms with Crippen molar-refractivity contribution in [3.05, 3.63) is 57.6 Å². The van der Waals surface area contributed by atoms with Crippen LogP contribution in [0.3, 0.4) is 0 Å². The zero-order valence-electron chi connectivity index (χ0n) is 13.7. The number of amides is 3. The average molecular weight is 522 g/mol. The molecule has 0 aliphatic rings.